The summed E-state index contributed by atoms with van der Waals surface area (Å²) < 4.78 is 12.2. The van der Waals surface area contributed by atoms with Crippen LogP contribution < -0.4 is 4.90 Å². The molecule has 0 amide bonds. The molecule has 1 unspecified atom stereocenters. The van der Waals surface area contributed by atoms with Crippen molar-refractivity contribution in [3.63, 3.8) is 0 Å². The van der Waals surface area contributed by atoms with E-state index >= 15 is 0 Å². The molecule has 0 aromatic carbocycles. The van der Waals surface area contributed by atoms with Crippen molar-refractivity contribution in [2.24, 2.45) is 0 Å². The fourth-order valence-electron chi connectivity index (χ4n) is 2.95. The van der Waals surface area contributed by atoms with Crippen LogP contribution in [0.15, 0.2) is 18.5 Å². The highest BCUT2D eigenvalue weighted by Crippen LogP contribution is 2.19. The summed E-state index contributed by atoms with van der Waals surface area (Å²) >= 11 is 0. The minimum atomic E-state index is -0.923. The normalized spacial score (nSPS) is 17.3. The molecule has 0 radical (unpaired) electrons. The molecule has 9 nitrogen and oxygen atoms in total. The minimum Gasteiger partial charge on any atom is -0.462 e. The van der Waals surface area contributed by atoms with Gasteiger partial charge >= 0.3 is 5.97 Å². The highest BCUT2D eigenvalue weighted by molar-refractivity contribution is 5.95. The largest absolute Gasteiger partial charge is 0.462 e. The van der Waals surface area contributed by atoms with Crippen molar-refractivity contribution >= 4 is 17.4 Å². The third-order valence-electron chi connectivity index (χ3n) is 4.26. The Labute approximate surface area is 158 Å². The molecule has 3 rings (SSSR count). The van der Waals surface area contributed by atoms with Gasteiger partial charge in [0.25, 0.3) is 0 Å². The lowest BCUT2D eigenvalue weighted by Gasteiger charge is -2.39. The molecule has 1 aliphatic heterocycles. The quantitative estimate of drug-likeness (QED) is 0.612. The van der Waals surface area contributed by atoms with Gasteiger partial charge in [0.05, 0.1) is 18.4 Å². The summed E-state index contributed by atoms with van der Waals surface area (Å²) in [6, 6.07) is 1.87. The SMILES string of the molecule is CCOC(=O)c1cnn2ccc(N3CCN(C(O)OC(C)(C)C)CC3)nc12. The Morgan fingerprint density at radius 3 is 2.63 bits per heavy atom. The molecule has 148 valence electrons. The highest BCUT2D eigenvalue weighted by atomic mass is 16.6. The molecule has 3 heterocycles. The molecule has 1 fully saturated rings. The van der Waals surface area contributed by atoms with E-state index in [9.17, 15) is 9.90 Å². The number of fused-ring (bicyclic) bond motifs is 1. The van der Waals surface area contributed by atoms with E-state index < -0.39 is 18.0 Å². The monoisotopic (exact) mass is 377 g/mol. The molecule has 0 aliphatic carbocycles. The number of piperazine rings is 1. The zero-order chi connectivity index (χ0) is 19.6. The second-order valence-electron chi connectivity index (χ2n) is 7.41. The molecule has 27 heavy (non-hydrogen) atoms. The van der Waals surface area contributed by atoms with Gasteiger partial charge in [-0.2, -0.15) is 5.10 Å². The Morgan fingerprint density at radius 1 is 1.30 bits per heavy atom. The molecule has 1 N–H and O–H groups in total. The molecule has 0 saturated carbocycles. The minimum absolute atomic E-state index is 0.302. The van der Waals surface area contributed by atoms with Gasteiger partial charge in [0, 0.05) is 32.4 Å². The van der Waals surface area contributed by atoms with E-state index in [0.29, 0.717) is 44.0 Å². The van der Waals surface area contributed by atoms with Crippen LogP contribution in [0.5, 0.6) is 0 Å². The van der Waals surface area contributed by atoms with Gasteiger partial charge in [-0.15, -0.1) is 0 Å². The first-order valence-corrected chi connectivity index (χ1v) is 9.15. The summed E-state index contributed by atoms with van der Waals surface area (Å²) in [7, 11) is 0. The Hall–Kier alpha value is -2.23. The van der Waals surface area contributed by atoms with Crippen molar-refractivity contribution in [2.75, 3.05) is 37.7 Å². The average molecular weight is 377 g/mol. The summed E-state index contributed by atoms with van der Waals surface area (Å²) in [5, 5.41) is 14.4. The topological polar surface area (TPSA) is 92.4 Å². The number of ether oxygens (including phenoxy) is 2. The lowest BCUT2D eigenvalue weighted by molar-refractivity contribution is -0.239. The number of nitrogens with zero attached hydrogens (tertiary/aromatic N) is 5. The third kappa shape index (κ3) is 4.55. The Morgan fingerprint density at radius 2 is 2.00 bits per heavy atom. The Bertz CT molecular complexity index is 793. The molecular formula is C18H27N5O4. The zero-order valence-electron chi connectivity index (χ0n) is 16.3. The number of rotatable bonds is 5. The van der Waals surface area contributed by atoms with Crippen LogP contribution in [0.2, 0.25) is 0 Å². The highest BCUT2D eigenvalue weighted by Gasteiger charge is 2.27. The van der Waals surface area contributed by atoms with E-state index in [0.717, 1.165) is 5.82 Å². The fraction of sp³-hybridized carbons (Fsp3) is 0.611. The van der Waals surface area contributed by atoms with Crippen LogP contribution in [0.1, 0.15) is 38.1 Å². The van der Waals surface area contributed by atoms with Gasteiger partial charge in [0.1, 0.15) is 11.4 Å². The predicted octanol–water partition coefficient (Wildman–Crippen LogP) is 1.12. The van der Waals surface area contributed by atoms with Crippen molar-refractivity contribution < 1.29 is 19.4 Å². The smallest absolute Gasteiger partial charge is 0.343 e. The van der Waals surface area contributed by atoms with Gasteiger partial charge in [-0.05, 0) is 33.8 Å². The van der Waals surface area contributed by atoms with Gasteiger partial charge in [-0.25, -0.2) is 14.3 Å². The predicted molar refractivity (Wildman–Crippen MR) is 99.6 cm³/mol. The molecule has 2 aromatic rings. The van der Waals surface area contributed by atoms with Crippen molar-refractivity contribution in [1.82, 2.24) is 19.5 Å². The Kier molecular flexibility index (Phi) is 5.64. The third-order valence-corrected chi connectivity index (χ3v) is 4.26. The van der Waals surface area contributed by atoms with Crippen molar-refractivity contribution in [2.45, 2.75) is 39.7 Å². The zero-order valence-corrected chi connectivity index (χ0v) is 16.3. The molecule has 0 bridgehead atoms. The summed E-state index contributed by atoms with van der Waals surface area (Å²) in [4.78, 5) is 20.7. The van der Waals surface area contributed by atoms with Crippen LogP contribution in [0.4, 0.5) is 5.82 Å². The number of anilines is 1. The average Bonchev–Trinajstić information content (AvgIpc) is 3.04. The van der Waals surface area contributed by atoms with E-state index in [1.54, 1.807) is 17.6 Å². The van der Waals surface area contributed by atoms with Crippen molar-refractivity contribution in [1.29, 1.82) is 0 Å². The molecule has 9 heteroatoms. The fourth-order valence-corrected chi connectivity index (χ4v) is 2.95. The summed E-state index contributed by atoms with van der Waals surface area (Å²) in [5.41, 5.74) is 0.421. The standard InChI is InChI=1S/C18H27N5O4/c1-5-26-16(24)13-12-19-23-7-6-14(20-15(13)23)21-8-10-22(11-9-21)17(25)27-18(2,3)4/h6-7,12,17,25H,5,8-11H2,1-4H3. The molecule has 1 atom stereocenters. The van der Waals surface area contributed by atoms with E-state index in [1.807, 2.05) is 31.7 Å². The van der Waals surface area contributed by atoms with Crippen LogP contribution >= 0.6 is 0 Å². The van der Waals surface area contributed by atoms with E-state index in [4.69, 9.17) is 9.47 Å². The second-order valence-corrected chi connectivity index (χ2v) is 7.41. The van der Waals surface area contributed by atoms with Gasteiger partial charge in [-0.1, -0.05) is 0 Å². The lowest BCUT2D eigenvalue weighted by Crippen LogP contribution is -2.52. The summed E-state index contributed by atoms with van der Waals surface area (Å²) in [5.74, 6) is 0.337. The van der Waals surface area contributed by atoms with Crippen LogP contribution in [-0.2, 0) is 9.47 Å². The number of hydrogen-bond acceptors (Lipinski definition) is 8. The van der Waals surface area contributed by atoms with Gasteiger partial charge < -0.3 is 19.5 Å². The number of aliphatic hydroxyl groups excluding tert-OH is 1. The molecular weight excluding hydrogens is 350 g/mol. The van der Waals surface area contributed by atoms with E-state index in [-0.39, 0.29) is 0 Å². The first kappa shape index (κ1) is 19.5. The van der Waals surface area contributed by atoms with E-state index in [1.165, 1.54) is 6.20 Å². The van der Waals surface area contributed by atoms with Crippen LogP contribution in [0.3, 0.4) is 0 Å². The molecule has 1 aliphatic rings. The first-order valence-electron chi connectivity index (χ1n) is 9.15. The number of carbonyl (C=O) groups is 1. The number of hydrogen-bond donors (Lipinski definition) is 1. The van der Waals surface area contributed by atoms with Crippen LogP contribution in [0.25, 0.3) is 5.65 Å². The number of aliphatic hydroxyl groups is 1. The number of esters is 1. The number of carbonyl (C=O) groups excluding carboxylic acids is 1. The second kappa shape index (κ2) is 7.79. The summed E-state index contributed by atoms with van der Waals surface area (Å²) in [6.45, 7) is 10.5. The number of aromatic nitrogens is 3. The van der Waals surface area contributed by atoms with Crippen molar-refractivity contribution in [3.8, 4) is 0 Å². The van der Waals surface area contributed by atoms with Crippen LogP contribution in [-0.4, -0.2) is 75.4 Å². The summed E-state index contributed by atoms with van der Waals surface area (Å²) in [6.07, 6.45) is 2.33. The maximum absolute atomic E-state index is 12.1. The van der Waals surface area contributed by atoms with Gasteiger partial charge in [0.15, 0.2) is 5.65 Å². The van der Waals surface area contributed by atoms with Gasteiger partial charge in [-0.3, -0.25) is 4.90 Å². The Balaban J connectivity index is 1.70. The van der Waals surface area contributed by atoms with Crippen molar-refractivity contribution in [3.05, 3.63) is 24.0 Å². The lowest BCUT2D eigenvalue weighted by atomic mass is 10.2. The first-order chi connectivity index (χ1) is 12.8. The maximum atomic E-state index is 12.1. The molecule has 0 spiro atoms. The molecule has 2 aromatic heterocycles. The van der Waals surface area contributed by atoms with Crippen LogP contribution in [0, 0.1) is 0 Å². The molecule has 1 saturated heterocycles. The van der Waals surface area contributed by atoms with E-state index in [2.05, 4.69) is 15.0 Å². The maximum Gasteiger partial charge on any atom is 0.343 e. The van der Waals surface area contributed by atoms with Gasteiger partial charge in [0.2, 0.25) is 6.41 Å².